The summed E-state index contributed by atoms with van der Waals surface area (Å²) in [5.74, 6) is 1.77. The second-order valence-electron chi connectivity index (χ2n) is 5.95. The Morgan fingerprint density at radius 3 is 2.73 bits per heavy atom. The topological polar surface area (TPSA) is 42.7 Å². The summed E-state index contributed by atoms with van der Waals surface area (Å²) < 4.78 is 11.1. The van der Waals surface area contributed by atoms with Crippen molar-refractivity contribution in [2.45, 2.75) is 32.9 Å². The van der Waals surface area contributed by atoms with E-state index in [0.29, 0.717) is 32.5 Å². The summed E-state index contributed by atoms with van der Waals surface area (Å²) >= 11 is 1.66. The Bertz CT molecular complexity index is 760. The van der Waals surface area contributed by atoms with Crippen molar-refractivity contribution in [1.82, 2.24) is 4.90 Å². The van der Waals surface area contributed by atoms with Gasteiger partial charge in [0.1, 0.15) is 11.5 Å². The number of hydrogen-bond acceptors (Lipinski definition) is 4. The minimum atomic E-state index is 0.112. The molecule has 0 radical (unpaired) electrons. The molecule has 0 aliphatic rings. The Kier molecular flexibility index (Phi) is 6.50. The minimum absolute atomic E-state index is 0.112. The predicted molar refractivity (Wildman–Crippen MR) is 103 cm³/mol. The molecule has 0 bridgehead atoms. The van der Waals surface area contributed by atoms with Gasteiger partial charge in [-0.05, 0) is 48.6 Å². The molecule has 0 fully saturated rings. The van der Waals surface area contributed by atoms with Gasteiger partial charge in [-0.3, -0.25) is 4.79 Å². The number of furan rings is 1. The van der Waals surface area contributed by atoms with Gasteiger partial charge in [0.25, 0.3) is 0 Å². The third kappa shape index (κ3) is 4.99. The highest BCUT2D eigenvalue weighted by Gasteiger charge is 2.17. The average Bonchev–Trinajstić information content (AvgIpc) is 3.34. The normalized spacial score (nSPS) is 10.7. The Labute approximate surface area is 158 Å². The number of hydrogen-bond donors (Lipinski definition) is 0. The average molecular weight is 369 g/mol. The predicted octanol–water partition coefficient (Wildman–Crippen LogP) is 4.90. The van der Waals surface area contributed by atoms with E-state index in [9.17, 15) is 4.79 Å². The highest BCUT2D eigenvalue weighted by Crippen LogP contribution is 2.21. The van der Waals surface area contributed by atoms with E-state index in [-0.39, 0.29) is 5.91 Å². The van der Waals surface area contributed by atoms with Crippen LogP contribution in [0.3, 0.4) is 0 Å². The molecule has 0 saturated heterocycles. The molecule has 0 unspecified atom stereocenters. The zero-order valence-electron chi connectivity index (χ0n) is 14.9. The van der Waals surface area contributed by atoms with Crippen LogP contribution in [0.15, 0.2) is 64.6 Å². The van der Waals surface area contributed by atoms with Crippen molar-refractivity contribution in [3.63, 3.8) is 0 Å². The maximum Gasteiger partial charge on any atom is 0.223 e. The molecular weight excluding hydrogens is 346 g/mol. The highest BCUT2D eigenvalue weighted by atomic mass is 32.1. The molecule has 2 heterocycles. The molecule has 0 N–H and O–H groups in total. The molecular formula is C21H23NO3S. The van der Waals surface area contributed by atoms with Crippen molar-refractivity contribution in [1.29, 1.82) is 0 Å². The standard InChI is InChI=1S/C21H23NO3S/c1-2-24-20-10-4-3-7-17(20)11-12-21(23)22(15-18-8-5-13-25-18)16-19-9-6-14-26-19/h3-10,13-14H,2,11-12,15-16H2,1H3. The Morgan fingerprint density at radius 2 is 2.00 bits per heavy atom. The number of nitrogens with zero attached hydrogens (tertiary/aromatic N) is 1. The first-order chi connectivity index (χ1) is 12.8. The van der Waals surface area contributed by atoms with Gasteiger partial charge in [-0.25, -0.2) is 0 Å². The molecule has 1 amide bonds. The molecule has 26 heavy (non-hydrogen) atoms. The van der Waals surface area contributed by atoms with Crippen molar-refractivity contribution in [3.8, 4) is 5.75 Å². The molecule has 0 saturated carbocycles. The summed E-state index contributed by atoms with van der Waals surface area (Å²) in [6.07, 6.45) is 2.74. The summed E-state index contributed by atoms with van der Waals surface area (Å²) in [7, 11) is 0. The van der Waals surface area contributed by atoms with Gasteiger partial charge < -0.3 is 14.1 Å². The first-order valence-corrected chi connectivity index (χ1v) is 9.67. The van der Waals surface area contributed by atoms with Crippen LogP contribution < -0.4 is 4.74 Å². The zero-order chi connectivity index (χ0) is 18.2. The maximum atomic E-state index is 12.9. The van der Waals surface area contributed by atoms with Crippen molar-refractivity contribution >= 4 is 17.2 Å². The minimum Gasteiger partial charge on any atom is -0.494 e. The molecule has 0 atom stereocenters. The van der Waals surface area contributed by atoms with E-state index in [2.05, 4.69) is 6.07 Å². The summed E-state index contributed by atoms with van der Waals surface area (Å²) in [4.78, 5) is 15.9. The third-order valence-corrected chi connectivity index (χ3v) is 4.95. The van der Waals surface area contributed by atoms with Crippen LogP contribution in [0, 0.1) is 0 Å². The van der Waals surface area contributed by atoms with E-state index in [0.717, 1.165) is 17.1 Å². The quantitative estimate of drug-likeness (QED) is 0.539. The second-order valence-corrected chi connectivity index (χ2v) is 6.98. The molecule has 0 aliphatic carbocycles. The van der Waals surface area contributed by atoms with Crippen molar-refractivity contribution in [2.24, 2.45) is 0 Å². The van der Waals surface area contributed by atoms with Crippen LogP contribution in [0.2, 0.25) is 0 Å². The highest BCUT2D eigenvalue weighted by molar-refractivity contribution is 7.09. The van der Waals surface area contributed by atoms with Crippen LogP contribution in [0.25, 0.3) is 0 Å². The van der Waals surface area contributed by atoms with Gasteiger partial charge in [0.05, 0.1) is 26.0 Å². The second kappa shape index (κ2) is 9.25. The lowest BCUT2D eigenvalue weighted by molar-refractivity contribution is -0.132. The van der Waals surface area contributed by atoms with E-state index in [1.54, 1.807) is 17.6 Å². The van der Waals surface area contributed by atoms with Gasteiger partial charge in [0.2, 0.25) is 5.91 Å². The number of ether oxygens (including phenoxy) is 1. The summed E-state index contributed by atoms with van der Waals surface area (Å²) in [6, 6.07) is 15.7. The van der Waals surface area contributed by atoms with Gasteiger partial charge >= 0.3 is 0 Å². The van der Waals surface area contributed by atoms with Crippen LogP contribution in [0.5, 0.6) is 5.75 Å². The lowest BCUT2D eigenvalue weighted by atomic mass is 10.1. The fourth-order valence-corrected chi connectivity index (χ4v) is 3.54. The van der Waals surface area contributed by atoms with E-state index in [1.165, 1.54) is 4.88 Å². The van der Waals surface area contributed by atoms with Crippen LogP contribution >= 0.6 is 11.3 Å². The summed E-state index contributed by atoms with van der Waals surface area (Å²) in [5.41, 5.74) is 1.07. The summed E-state index contributed by atoms with van der Waals surface area (Å²) in [5, 5.41) is 2.03. The number of para-hydroxylation sites is 1. The third-order valence-electron chi connectivity index (χ3n) is 4.09. The number of thiophene rings is 1. The SMILES string of the molecule is CCOc1ccccc1CCC(=O)N(Cc1ccco1)Cc1cccs1. The van der Waals surface area contributed by atoms with Gasteiger partial charge in [-0.15, -0.1) is 11.3 Å². The van der Waals surface area contributed by atoms with Crippen molar-refractivity contribution in [3.05, 3.63) is 76.4 Å². The zero-order valence-corrected chi connectivity index (χ0v) is 15.7. The molecule has 0 aliphatic heterocycles. The van der Waals surface area contributed by atoms with Gasteiger partial charge in [-0.2, -0.15) is 0 Å². The van der Waals surface area contributed by atoms with E-state index >= 15 is 0 Å². The molecule has 136 valence electrons. The van der Waals surface area contributed by atoms with Crippen LogP contribution in [0.1, 0.15) is 29.5 Å². The van der Waals surface area contributed by atoms with Crippen molar-refractivity contribution < 1.29 is 13.9 Å². The maximum absolute atomic E-state index is 12.9. The largest absolute Gasteiger partial charge is 0.494 e. The Hall–Kier alpha value is -2.53. The van der Waals surface area contributed by atoms with Gasteiger partial charge in [0.15, 0.2) is 0 Å². The number of amides is 1. The first kappa shape index (κ1) is 18.3. The molecule has 4 nitrogen and oxygen atoms in total. The number of benzene rings is 1. The number of aryl methyl sites for hydroxylation is 1. The van der Waals surface area contributed by atoms with Crippen molar-refractivity contribution in [2.75, 3.05) is 6.61 Å². The molecule has 3 aromatic rings. The van der Waals surface area contributed by atoms with Crippen LogP contribution in [-0.4, -0.2) is 17.4 Å². The monoisotopic (exact) mass is 369 g/mol. The van der Waals surface area contributed by atoms with E-state index in [4.69, 9.17) is 9.15 Å². The number of carbonyl (C=O) groups excluding carboxylic acids is 1. The smallest absolute Gasteiger partial charge is 0.223 e. The molecule has 1 aromatic carbocycles. The van der Waals surface area contributed by atoms with E-state index in [1.807, 2.05) is 59.7 Å². The Balaban J connectivity index is 1.67. The van der Waals surface area contributed by atoms with Gasteiger partial charge in [-0.1, -0.05) is 24.3 Å². The number of carbonyl (C=O) groups is 1. The van der Waals surface area contributed by atoms with E-state index < -0.39 is 0 Å². The lowest BCUT2D eigenvalue weighted by Crippen LogP contribution is -2.29. The molecule has 3 rings (SSSR count). The molecule has 5 heteroatoms. The fourth-order valence-electron chi connectivity index (χ4n) is 2.82. The molecule has 2 aromatic heterocycles. The Morgan fingerprint density at radius 1 is 1.12 bits per heavy atom. The van der Waals surface area contributed by atoms with Crippen LogP contribution in [0.4, 0.5) is 0 Å². The van der Waals surface area contributed by atoms with Crippen LogP contribution in [-0.2, 0) is 24.3 Å². The summed E-state index contributed by atoms with van der Waals surface area (Å²) in [6.45, 7) is 3.67. The first-order valence-electron chi connectivity index (χ1n) is 8.79. The van der Waals surface area contributed by atoms with Gasteiger partial charge in [0, 0.05) is 11.3 Å². The molecule has 0 spiro atoms. The fraction of sp³-hybridized carbons (Fsp3) is 0.286. The lowest BCUT2D eigenvalue weighted by Gasteiger charge is -2.21. The number of rotatable bonds is 9.